The largest absolute Gasteiger partial charge is 0.507 e. The molecule has 2 heterocycles. The van der Waals surface area contributed by atoms with Crippen molar-refractivity contribution >= 4 is 5.97 Å². The molecule has 2 aliphatic heterocycles. The molecule has 5 rings (SSSR count). The van der Waals surface area contributed by atoms with E-state index in [0.717, 1.165) is 0 Å². The minimum absolute atomic E-state index is 0.0145. The summed E-state index contributed by atoms with van der Waals surface area (Å²) >= 11 is 0. The monoisotopic (exact) mass is 482 g/mol. The molecule has 0 spiro atoms. The Bertz CT molecular complexity index is 1350. The summed E-state index contributed by atoms with van der Waals surface area (Å²) in [4.78, 5) is 12.3. The van der Waals surface area contributed by atoms with Crippen LogP contribution >= 0.6 is 0 Å². The third kappa shape index (κ3) is 3.68. The highest BCUT2D eigenvalue weighted by atomic mass is 16.5. The minimum Gasteiger partial charge on any atom is -0.507 e. The van der Waals surface area contributed by atoms with Gasteiger partial charge in [-0.3, -0.25) is 4.79 Å². The predicted octanol–water partition coefficient (Wildman–Crippen LogP) is 3.05. The van der Waals surface area contributed by atoms with Crippen molar-refractivity contribution in [1.29, 1.82) is 0 Å². The highest BCUT2D eigenvalue weighted by Crippen LogP contribution is 2.56. The van der Waals surface area contributed by atoms with Crippen molar-refractivity contribution in [3.8, 4) is 46.0 Å². The van der Waals surface area contributed by atoms with E-state index in [4.69, 9.17) is 14.2 Å². The molecular weight excluding hydrogens is 460 g/mol. The Kier molecular flexibility index (Phi) is 5.25. The summed E-state index contributed by atoms with van der Waals surface area (Å²) in [5, 5.41) is 61.1. The lowest BCUT2D eigenvalue weighted by Crippen LogP contribution is -2.31. The molecule has 3 aromatic rings. The number of benzene rings is 3. The average molecular weight is 482 g/mol. The summed E-state index contributed by atoms with van der Waals surface area (Å²) in [6, 6.07) is 7.86. The third-order valence-electron chi connectivity index (χ3n) is 6.35. The Balaban J connectivity index is 1.68. The molecule has 35 heavy (non-hydrogen) atoms. The van der Waals surface area contributed by atoms with Crippen LogP contribution in [0.1, 0.15) is 40.7 Å². The highest BCUT2D eigenvalue weighted by molar-refractivity contribution is 5.75. The fourth-order valence-electron chi connectivity index (χ4n) is 4.63. The van der Waals surface area contributed by atoms with Gasteiger partial charge < -0.3 is 44.8 Å². The van der Waals surface area contributed by atoms with Gasteiger partial charge in [-0.15, -0.1) is 0 Å². The molecule has 2 aliphatic rings. The first-order valence-electron chi connectivity index (χ1n) is 10.7. The number of ether oxygens (including phenoxy) is 3. The number of carbonyl (C=O) groups is 1. The number of fused-ring (bicyclic) bond motifs is 4. The Morgan fingerprint density at radius 2 is 1.63 bits per heavy atom. The topological polar surface area (TPSA) is 166 Å². The number of carbonyl (C=O) groups excluding carboxylic acids is 1. The number of aliphatic hydroxyl groups is 1. The second-order valence-corrected chi connectivity index (χ2v) is 8.49. The molecule has 182 valence electrons. The maximum Gasteiger partial charge on any atom is 0.306 e. The van der Waals surface area contributed by atoms with Crippen LogP contribution in [0.25, 0.3) is 0 Å². The molecule has 3 atom stereocenters. The van der Waals surface area contributed by atoms with E-state index in [9.17, 15) is 35.4 Å². The van der Waals surface area contributed by atoms with E-state index in [1.165, 1.54) is 43.5 Å². The smallest absolute Gasteiger partial charge is 0.306 e. The zero-order chi connectivity index (χ0) is 25.0. The predicted molar refractivity (Wildman–Crippen MR) is 119 cm³/mol. The Morgan fingerprint density at radius 1 is 0.943 bits per heavy atom. The first-order chi connectivity index (χ1) is 16.7. The van der Waals surface area contributed by atoms with Gasteiger partial charge in [0.1, 0.15) is 29.1 Å². The fourth-order valence-corrected chi connectivity index (χ4v) is 4.63. The SMILES string of the molecule is COC(=O)C[C@@H]1c2cc(O)c(O)cc2Oc2cc(O)c3c(c21)O[C@@H](c1ccc(O)c(O)c1)[C@@H](O)C3. The fraction of sp³-hybridized carbons (Fsp3) is 0.240. The van der Waals surface area contributed by atoms with Crippen molar-refractivity contribution in [3.05, 3.63) is 58.7 Å². The molecule has 10 nitrogen and oxygen atoms in total. The number of rotatable bonds is 3. The van der Waals surface area contributed by atoms with E-state index in [1.54, 1.807) is 0 Å². The second-order valence-electron chi connectivity index (χ2n) is 8.49. The van der Waals surface area contributed by atoms with Gasteiger partial charge in [0.05, 0.1) is 19.6 Å². The van der Waals surface area contributed by atoms with Crippen molar-refractivity contribution in [3.63, 3.8) is 0 Å². The van der Waals surface area contributed by atoms with Gasteiger partial charge in [0.15, 0.2) is 23.0 Å². The molecule has 6 N–H and O–H groups in total. The number of esters is 1. The molecular formula is C25H22O10. The maximum absolute atomic E-state index is 12.3. The number of aromatic hydroxyl groups is 5. The van der Waals surface area contributed by atoms with Gasteiger partial charge in [-0.05, 0) is 23.8 Å². The Morgan fingerprint density at radius 3 is 2.34 bits per heavy atom. The summed E-state index contributed by atoms with van der Waals surface area (Å²) in [7, 11) is 1.24. The number of hydrogen-bond donors (Lipinski definition) is 6. The summed E-state index contributed by atoms with van der Waals surface area (Å²) in [5.74, 6) is -2.54. The zero-order valence-electron chi connectivity index (χ0n) is 18.4. The van der Waals surface area contributed by atoms with Crippen molar-refractivity contribution in [2.24, 2.45) is 0 Å². The number of aliphatic hydroxyl groups excluding tert-OH is 1. The lowest BCUT2D eigenvalue weighted by atomic mass is 9.81. The standard InChI is InChI=1S/C25H22O10/c1-33-22(32)7-12-11-5-17(29)18(30)9-20(11)34-21-8-15(27)13-6-19(31)24(35-25(13)23(12)21)10-2-3-14(26)16(28)4-10/h2-5,8-9,12,19,24,26-31H,6-7H2,1H3/t12-,19+,24+/m1/s1. The number of phenolic OH excluding ortho intramolecular Hbond substituents is 5. The Hall–Kier alpha value is -4.31. The van der Waals surface area contributed by atoms with Gasteiger partial charge in [0.25, 0.3) is 0 Å². The number of hydrogen-bond acceptors (Lipinski definition) is 10. The van der Waals surface area contributed by atoms with Gasteiger partial charge >= 0.3 is 5.97 Å². The van der Waals surface area contributed by atoms with Crippen molar-refractivity contribution in [2.75, 3.05) is 7.11 Å². The minimum atomic E-state index is -1.10. The van der Waals surface area contributed by atoms with Crippen molar-refractivity contribution in [1.82, 2.24) is 0 Å². The van der Waals surface area contributed by atoms with Crippen LogP contribution in [-0.2, 0) is 16.0 Å². The zero-order valence-corrected chi connectivity index (χ0v) is 18.4. The summed E-state index contributed by atoms with van der Waals surface area (Å²) in [6.45, 7) is 0. The van der Waals surface area contributed by atoms with E-state index >= 15 is 0 Å². The summed E-state index contributed by atoms with van der Waals surface area (Å²) in [6.07, 6.45) is -2.27. The van der Waals surface area contributed by atoms with Crippen LogP contribution in [0.4, 0.5) is 0 Å². The van der Waals surface area contributed by atoms with E-state index in [-0.39, 0.29) is 41.6 Å². The van der Waals surface area contributed by atoms with E-state index in [1.807, 2.05) is 0 Å². The molecule has 3 aromatic carbocycles. The van der Waals surface area contributed by atoms with Crippen LogP contribution in [0.5, 0.6) is 46.0 Å². The second kappa shape index (κ2) is 8.17. The van der Waals surface area contributed by atoms with Gasteiger partial charge in [-0.25, -0.2) is 0 Å². The highest BCUT2D eigenvalue weighted by Gasteiger charge is 2.40. The molecule has 0 radical (unpaired) electrons. The van der Waals surface area contributed by atoms with Crippen LogP contribution in [0, 0.1) is 0 Å². The van der Waals surface area contributed by atoms with Crippen LogP contribution in [0.2, 0.25) is 0 Å². The van der Waals surface area contributed by atoms with Gasteiger partial charge in [0, 0.05) is 41.2 Å². The maximum atomic E-state index is 12.3. The molecule has 0 amide bonds. The lowest BCUT2D eigenvalue weighted by molar-refractivity contribution is -0.140. The van der Waals surface area contributed by atoms with E-state index < -0.39 is 41.3 Å². The molecule has 0 aliphatic carbocycles. The Labute approximate surface area is 198 Å². The molecule has 0 bridgehead atoms. The lowest BCUT2D eigenvalue weighted by Gasteiger charge is -2.36. The van der Waals surface area contributed by atoms with Crippen molar-refractivity contribution < 1.29 is 49.6 Å². The quantitative estimate of drug-likeness (QED) is 0.241. The van der Waals surface area contributed by atoms with Crippen molar-refractivity contribution in [2.45, 2.75) is 31.0 Å². The average Bonchev–Trinajstić information content (AvgIpc) is 2.82. The van der Waals surface area contributed by atoms with E-state index in [0.29, 0.717) is 22.3 Å². The molecule has 10 heteroatoms. The normalized spacial score (nSPS) is 20.0. The van der Waals surface area contributed by atoms with Gasteiger partial charge in [0.2, 0.25) is 0 Å². The molecule has 0 saturated heterocycles. The molecule has 0 saturated carbocycles. The van der Waals surface area contributed by atoms with Gasteiger partial charge in [-0.2, -0.15) is 0 Å². The van der Waals surface area contributed by atoms with Crippen LogP contribution in [0.15, 0.2) is 36.4 Å². The van der Waals surface area contributed by atoms with E-state index in [2.05, 4.69) is 0 Å². The first kappa shape index (κ1) is 22.5. The summed E-state index contributed by atoms with van der Waals surface area (Å²) < 4.78 is 16.9. The summed E-state index contributed by atoms with van der Waals surface area (Å²) in [5.41, 5.74) is 1.44. The van der Waals surface area contributed by atoms with Crippen LogP contribution < -0.4 is 9.47 Å². The number of methoxy groups -OCH3 is 1. The number of phenols is 5. The first-order valence-corrected chi connectivity index (χ1v) is 10.7. The molecule has 0 fully saturated rings. The van der Waals surface area contributed by atoms with Crippen LogP contribution in [-0.4, -0.2) is 49.8 Å². The third-order valence-corrected chi connectivity index (χ3v) is 6.35. The van der Waals surface area contributed by atoms with Crippen LogP contribution in [0.3, 0.4) is 0 Å². The molecule has 0 unspecified atom stereocenters. The van der Waals surface area contributed by atoms with Gasteiger partial charge in [-0.1, -0.05) is 6.07 Å². The molecule has 0 aromatic heterocycles.